The number of hydrogen-bond acceptors (Lipinski definition) is 3. The fourth-order valence-corrected chi connectivity index (χ4v) is 1.70. The third kappa shape index (κ3) is 2.85. The first-order valence-corrected chi connectivity index (χ1v) is 5.48. The number of benzene rings is 1. The second-order valence-electron chi connectivity index (χ2n) is 3.98. The lowest BCUT2D eigenvalue weighted by atomic mass is 10.1. The highest BCUT2D eigenvalue weighted by atomic mass is 19.4. The van der Waals surface area contributed by atoms with E-state index in [1.807, 2.05) is 0 Å². The molecule has 8 heteroatoms. The molecule has 4 nitrogen and oxygen atoms in total. The molecule has 106 valence electrons. The minimum Gasteiger partial charge on any atom is -0.325 e. The highest BCUT2D eigenvalue weighted by Gasteiger charge is 2.34. The minimum atomic E-state index is -4.77. The van der Waals surface area contributed by atoms with Crippen LogP contribution < -0.4 is 11.3 Å². The van der Waals surface area contributed by atoms with Crippen molar-refractivity contribution in [1.82, 2.24) is 9.97 Å². The van der Waals surface area contributed by atoms with E-state index < -0.39 is 28.7 Å². The monoisotopic (exact) mass is 287 g/mol. The van der Waals surface area contributed by atoms with Gasteiger partial charge in [-0.1, -0.05) is 0 Å². The summed E-state index contributed by atoms with van der Waals surface area (Å²) in [5, 5.41) is 0. The van der Waals surface area contributed by atoms with Crippen LogP contribution in [0.5, 0.6) is 0 Å². The Balaban J connectivity index is 2.70. The number of aromatic nitrogens is 2. The van der Waals surface area contributed by atoms with Crippen LogP contribution in [-0.4, -0.2) is 9.97 Å². The van der Waals surface area contributed by atoms with Gasteiger partial charge in [0.25, 0.3) is 5.56 Å². The van der Waals surface area contributed by atoms with Crippen molar-refractivity contribution in [2.24, 2.45) is 5.73 Å². The number of alkyl halides is 3. The van der Waals surface area contributed by atoms with Crippen molar-refractivity contribution in [3.63, 3.8) is 0 Å². The summed E-state index contributed by atoms with van der Waals surface area (Å²) in [6.07, 6.45) is -4.77. The van der Waals surface area contributed by atoms with E-state index >= 15 is 0 Å². The van der Waals surface area contributed by atoms with E-state index in [0.717, 1.165) is 18.2 Å². The van der Waals surface area contributed by atoms with Gasteiger partial charge >= 0.3 is 6.18 Å². The zero-order valence-corrected chi connectivity index (χ0v) is 9.96. The summed E-state index contributed by atoms with van der Waals surface area (Å²) >= 11 is 0. The van der Waals surface area contributed by atoms with Gasteiger partial charge in [0.1, 0.15) is 11.6 Å². The smallest absolute Gasteiger partial charge is 0.325 e. The SMILES string of the molecule is NCc1cc(=O)[nH]c(-c2ccc(F)cc2C(F)(F)F)n1. The predicted octanol–water partition coefficient (Wildman–Crippen LogP) is 2.05. The van der Waals surface area contributed by atoms with E-state index in [0.29, 0.717) is 6.07 Å². The van der Waals surface area contributed by atoms with Gasteiger partial charge in [0, 0.05) is 18.2 Å². The molecule has 1 aromatic heterocycles. The van der Waals surface area contributed by atoms with Gasteiger partial charge in [0.05, 0.1) is 11.3 Å². The number of halogens is 4. The Hall–Kier alpha value is -2.22. The average molecular weight is 287 g/mol. The van der Waals surface area contributed by atoms with Gasteiger partial charge in [-0.25, -0.2) is 9.37 Å². The van der Waals surface area contributed by atoms with E-state index in [2.05, 4.69) is 9.97 Å². The van der Waals surface area contributed by atoms with Crippen molar-refractivity contribution in [3.8, 4) is 11.4 Å². The average Bonchev–Trinajstić information content (AvgIpc) is 2.36. The van der Waals surface area contributed by atoms with E-state index in [1.165, 1.54) is 0 Å². The number of nitrogens with two attached hydrogens (primary N) is 1. The molecule has 0 radical (unpaired) electrons. The molecule has 0 unspecified atom stereocenters. The van der Waals surface area contributed by atoms with Crippen molar-refractivity contribution in [1.29, 1.82) is 0 Å². The Labute approximate surface area is 110 Å². The first-order chi connectivity index (χ1) is 9.31. The molecule has 3 N–H and O–H groups in total. The quantitative estimate of drug-likeness (QED) is 0.830. The maximum atomic E-state index is 13.0. The number of aromatic amines is 1. The standard InChI is InChI=1S/C12H9F4N3O/c13-6-1-2-8(9(3-6)12(14,15)16)11-18-7(5-17)4-10(20)19-11/h1-4H,5,17H2,(H,18,19,20). The molecule has 1 aromatic carbocycles. The number of nitrogens with zero attached hydrogens (tertiary/aromatic N) is 1. The summed E-state index contributed by atoms with van der Waals surface area (Å²) in [6.45, 7) is -0.0978. The van der Waals surface area contributed by atoms with Gasteiger partial charge in [-0.15, -0.1) is 0 Å². The first-order valence-electron chi connectivity index (χ1n) is 5.48. The Morgan fingerprint density at radius 3 is 2.55 bits per heavy atom. The van der Waals surface area contributed by atoms with Gasteiger partial charge < -0.3 is 10.7 Å². The van der Waals surface area contributed by atoms with E-state index in [1.54, 1.807) is 0 Å². The molecule has 0 amide bonds. The molecule has 2 aromatic rings. The predicted molar refractivity (Wildman–Crippen MR) is 63.1 cm³/mol. The van der Waals surface area contributed by atoms with Crippen molar-refractivity contribution in [2.45, 2.75) is 12.7 Å². The van der Waals surface area contributed by atoms with Crippen LogP contribution in [0.2, 0.25) is 0 Å². The van der Waals surface area contributed by atoms with Crippen LogP contribution in [-0.2, 0) is 12.7 Å². The van der Waals surface area contributed by atoms with Crippen molar-refractivity contribution in [2.75, 3.05) is 0 Å². The maximum absolute atomic E-state index is 13.0. The molecule has 20 heavy (non-hydrogen) atoms. The van der Waals surface area contributed by atoms with Crippen LogP contribution in [0.1, 0.15) is 11.3 Å². The zero-order chi connectivity index (χ0) is 14.9. The zero-order valence-electron chi connectivity index (χ0n) is 9.96. The van der Waals surface area contributed by atoms with Gasteiger partial charge in [-0.3, -0.25) is 4.79 Å². The van der Waals surface area contributed by atoms with E-state index in [9.17, 15) is 22.4 Å². The fraction of sp³-hybridized carbons (Fsp3) is 0.167. The van der Waals surface area contributed by atoms with Crippen LogP contribution in [0.15, 0.2) is 29.1 Å². The minimum absolute atomic E-state index is 0.0978. The molecular formula is C12H9F4N3O. The molecule has 1 heterocycles. The Morgan fingerprint density at radius 2 is 1.95 bits per heavy atom. The highest BCUT2D eigenvalue weighted by molar-refractivity contribution is 5.61. The van der Waals surface area contributed by atoms with Gasteiger partial charge in [-0.05, 0) is 18.2 Å². The molecule has 0 saturated heterocycles. The summed E-state index contributed by atoms with van der Waals surface area (Å²) in [6, 6.07) is 3.21. The molecule has 0 spiro atoms. The molecule has 0 atom stereocenters. The fourth-order valence-electron chi connectivity index (χ4n) is 1.70. The van der Waals surface area contributed by atoms with Crippen LogP contribution in [0.3, 0.4) is 0 Å². The Morgan fingerprint density at radius 1 is 1.25 bits per heavy atom. The molecular weight excluding hydrogens is 278 g/mol. The number of nitrogens with one attached hydrogen (secondary N) is 1. The molecule has 0 bridgehead atoms. The van der Waals surface area contributed by atoms with Crippen LogP contribution in [0, 0.1) is 5.82 Å². The summed E-state index contributed by atoms with van der Waals surface area (Å²) in [4.78, 5) is 17.4. The van der Waals surface area contributed by atoms with Gasteiger partial charge in [0.2, 0.25) is 0 Å². The van der Waals surface area contributed by atoms with Crippen molar-refractivity contribution >= 4 is 0 Å². The van der Waals surface area contributed by atoms with Crippen LogP contribution in [0.4, 0.5) is 17.6 Å². The molecule has 2 rings (SSSR count). The van der Waals surface area contributed by atoms with Gasteiger partial charge in [-0.2, -0.15) is 13.2 Å². The van der Waals surface area contributed by atoms with Crippen molar-refractivity contribution < 1.29 is 17.6 Å². The van der Waals surface area contributed by atoms with E-state index in [-0.39, 0.29) is 18.1 Å². The van der Waals surface area contributed by atoms with Crippen LogP contribution >= 0.6 is 0 Å². The van der Waals surface area contributed by atoms with Gasteiger partial charge in [0.15, 0.2) is 0 Å². The summed E-state index contributed by atoms with van der Waals surface area (Å²) in [5.74, 6) is -1.33. The third-order valence-electron chi connectivity index (χ3n) is 2.55. The van der Waals surface area contributed by atoms with Crippen molar-refractivity contribution in [3.05, 3.63) is 51.7 Å². The maximum Gasteiger partial charge on any atom is 0.417 e. The second kappa shape index (κ2) is 5.04. The molecule has 0 fully saturated rings. The topological polar surface area (TPSA) is 71.8 Å². The third-order valence-corrected chi connectivity index (χ3v) is 2.55. The largest absolute Gasteiger partial charge is 0.417 e. The Kier molecular flexibility index (Phi) is 3.58. The highest BCUT2D eigenvalue weighted by Crippen LogP contribution is 2.36. The lowest BCUT2D eigenvalue weighted by molar-refractivity contribution is -0.137. The molecule has 0 saturated carbocycles. The summed E-state index contributed by atoms with van der Waals surface area (Å²) in [7, 11) is 0. The Bertz CT molecular complexity index is 694. The first kappa shape index (κ1) is 14.2. The normalized spacial score (nSPS) is 11.7. The molecule has 0 aliphatic rings. The number of hydrogen-bond donors (Lipinski definition) is 2. The lowest BCUT2D eigenvalue weighted by Crippen LogP contribution is -2.15. The number of rotatable bonds is 2. The molecule has 0 aliphatic heterocycles. The summed E-state index contributed by atoms with van der Waals surface area (Å²) in [5.41, 5.74) is 3.20. The molecule has 0 aliphatic carbocycles. The van der Waals surface area contributed by atoms with Crippen LogP contribution in [0.25, 0.3) is 11.4 Å². The summed E-state index contributed by atoms with van der Waals surface area (Å²) < 4.78 is 51.7. The lowest BCUT2D eigenvalue weighted by Gasteiger charge is -2.12. The second-order valence-corrected chi connectivity index (χ2v) is 3.98. The number of H-pyrrole nitrogens is 1. The van der Waals surface area contributed by atoms with E-state index in [4.69, 9.17) is 5.73 Å².